The Morgan fingerprint density at radius 3 is 2.83 bits per heavy atom. The molecule has 4 aromatic rings. The lowest BCUT2D eigenvalue weighted by molar-refractivity contribution is -0.0489. The topological polar surface area (TPSA) is 88.1 Å². The molecule has 178 valence electrons. The molecule has 1 fully saturated rings. The first-order chi connectivity index (χ1) is 17.1. The van der Waals surface area contributed by atoms with E-state index in [9.17, 15) is 4.39 Å². The van der Waals surface area contributed by atoms with Crippen molar-refractivity contribution in [2.45, 2.75) is 44.9 Å². The fraction of sp³-hybridized carbons (Fsp3) is 0.333. The highest BCUT2D eigenvalue weighted by Crippen LogP contribution is 2.43. The van der Waals surface area contributed by atoms with Crippen molar-refractivity contribution in [2.75, 3.05) is 5.32 Å². The highest BCUT2D eigenvalue weighted by Gasteiger charge is 2.41. The first-order valence-electron chi connectivity index (χ1n) is 12.1. The van der Waals surface area contributed by atoms with Gasteiger partial charge in [-0.3, -0.25) is 4.99 Å². The van der Waals surface area contributed by atoms with Gasteiger partial charge in [-0.1, -0.05) is 30.3 Å². The number of fused-ring (bicyclic) bond motifs is 2. The van der Waals surface area contributed by atoms with Gasteiger partial charge in [0.2, 0.25) is 0 Å². The molecule has 2 N–H and O–H groups in total. The Kier molecular flexibility index (Phi) is 5.74. The molecule has 3 heterocycles. The van der Waals surface area contributed by atoms with E-state index >= 15 is 0 Å². The fourth-order valence-electron chi connectivity index (χ4n) is 5.23. The minimum Gasteiger partial charge on any atom is -0.374 e. The number of nitrogens with one attached hydrogen (secondary N) is 2. The Morgan fingerprint density at radius 2 is 1.97 bits per heavy atom. The largest absolute Gasteiger partial charge is 0.374 e. The molecule has 6 rings (SSSR count). The minimum absolute atomic E-state index is 0.0658. The Morgan fingerprint density at radius 1 is 1.11 bits per heavy atom. The number of benzene rings is 2. The van der Waals surface area contributed by atoms with Crippen LogP contribution in [-0.2, 0) is 17.8 Å². The molecule has 2 aromatic heterocycles. The SMILES string of the molecule is C[C@H](Nc1ncnc2nc[nH]c12)C1=Nc2ccc(F)cc2CC1C1CC(OCc2ccccc2)C1. The quantitative estimate of drug-likeness (QED) is 0.386. The van der Waals surface area contributed by atoms with E-state index in [0.717, 1.165) is 41.7 Å². The molecule has 2 atom stereocenters. The highest BCUT2D eigenvalue weighted by molar-refractivity contribution is 5.98. The molecule has 0 radical (unpaired) electrons. The number of nitrogens with zero attached hydrogens (tertiary/aromatic N) is 4. The lowest BCUT2D eigenvalue weighted by Crippen LogP contribution is -2.45. The smallest absolute Gasteiger partial charge is 0.182 e. The fourth-order valence-corrected chi connectivity index (χ4v) is 5.23. The molecule has 1 aliphatic carbocycles. The Labute approximate surface area is 202 Å². The van der Waals surface area contributed by atoms with Crippen molar-refractivity contribution in [1.82, 2.24) is 19.9 Å². The molecule has 8 heteroatoms. The predicted molar refractivity (Wildman–Crippen MR) is 133 cm³/mol. The summed E-state index contributed by atoms with van der Waals surface area (Å²) in [4.78, 5) is 21.0. The molecular formula is C27H27FN6O. The van der Waals surface area contributed by atoms with Crippen LogP contribution < -0.4 is 5.32 Å². The van der Waals surface area contributed by atoms with Gasteiger partial charge in [-0.25, -0.2) is 19.3 Å². The molecule has 0 amide bonds. The van der Waals surface area contributed by atoms with Crippen LogP contribution in [0.15, 0.2) is 66.2 Å². The number of H-pyrrole nitrogens is 1. The maximum absolute atomic E-state index is 14.0. The number of ether oxygens (including phenoxy) is 1. The van der Waals surface area contributed by atoms with E-state index in [0.29, 0.717) is 24.0 Å². The Bertz CT molecular complexity index is 1360. The summed E-state index contributed by atoms with van der Waals surface area (Å²) in [6.45, 7) is 2.73. The molecular weight excluding hydrogens is 443 g/mol. The van der Waals surface area contributed by atoms with Gasteiger partial charge in [-0.05, 0) is 61.4 Å². The van der Waals surface area contributed by atoms with E-state index in [1.807, 2.05) is 18.2 Å². The molecule has 35 heavy (non-hydrogen) atoms. The number of anilines is 1. The summed E-state index contributed by atoms with van der Waals surface area (Å²) in [6.07, 6.45) is 6.10. The van der Waals surface area contributed by atoms with Crippen LogP contribution >= 0.6 is 0 Å². The van der Waals surface area contributed by atoms with Gasteiger partial charge >= 0.3 is 0 Å². The molecule has 2 aromatic carbocycles. The molecule has 1 saturated carbocycles. The van der Waals surface area contributed by atoms with Crippen LogP contribution in [-0.4, -0.2) is 37.8 Å². The summed E-state index contributed by atoms with van der Waals surface area (Å²) in [5.41, 5.74) is 5.47. The van der Waals surface area contributed by atoms with Crippen molar-refractivity contribution < 1.29 is 9.13 Å². The summed E-state index contributed by atoms with van der Waals surface area (Å²) in [5, 5.41) is 3.52. The third-order valence-electron chi connectivity index (χ3n) is 7.16. The second kappa shape index (κ2) is 9.19. The number of aromatic nitrogens is 4. The van der Waals surface area contributed by atoms with Crippen LogP contribution in [0.3, 0.4) is 0 Å². The number of hydrogen-bond acceptors (Lipinski definition) is 6. The van der Waals surface area contributed by atoms with Crippen molar-refractivity contribution in [3.63, 3.8) is 0 Å². The number of aromatic amines is 1. The van der Waals surface area contributed by atoms with Crippen molar-refractivity contribution in [2.24, 2.45) is 16.8 Å². The van der Waals surface area contributed by atoms with Crippen LogP contribution in [0, 0.1) is 17.7 Å². The van der Waals surface area contributed by atoms with Crippen LogP contribution in [0.4, 0.5) is 15.9 Å². The maximum Gasteiger partial charge on any atom is 0.182 e. The first-order valence-corrected chi connectivity index (χ1v) is 12.1. The summed E-state index contributed by atoms with van der Waals surface area (Å²) >= 11 is 0. The zero-order valence-electron chi connectivity index (χ0n) is 19.5. The van der Waals surface area contributed by atoms with E-state index in [1.54, 1.807) is 18.5 Å². The van der Waals surface area contributed by atoms with Crippen LogP contribution in [0.1, 0.15) is 30.9 Å². The maximum atomic E-state index is 14.0. The van der Waals surface area contributed by atoms with Crippen LogP contribution in [0.2, 0.25) is 0 Å². The summed E-state index contributed by atoms with van der Waals surface area (Å²) in [5.74, 6) is 1.13. The van der Waals surface area contributed by atoms with E-state index < -0.39 is 0 Å². The third-order valence-corrected chi connectivity index (χ3v) is 7.16. The molecule has 0 saturated heterocycles. The zero-order chi connectivity index (χ0) is 23.8. The molecule has 7 nitrogen and oxygen atoms in total. The van der Waals surface area contributed by atoms with Gasteiger partial charge in [0.1, 0.15) is 17.7 Å². The highest BCUT2D eigenvalue weighted by atomic mass is 19.1. The molecule has 0 bridgehead atoms. The average molecular weight is 471 g/mol. The van der Waals surface area contributed by atoms with Crippen LogP contribution in [0.5, 0.6) is 0 Å². The Balaban J connectivity index is 1.21. The van der Waals surface area contributed by atoms with Gasteiger partial charge in [-0.15, -0.1) is 0 Å². The molecule has 1 unspecified atom stereocenters. The van der Waals surface area contributed by atoms with Gasteiger partial charge in [0, 0.05) is 11.6 Å². The van der Waals surface area contributed by atoms with Gasteiger partial charge in [0.25, 0.3) is 0 Å². The van der Waals surface area contributed by atoms with Gasteiger partial charge in [0.05, 0.1) is 30.8 Å². The van der Waals surface area contributed by atoms with Crippen LogP contribution in [0.25, 0.3) is 11.2 Å². The lowest BCUT2D eigenvalue weighted by atomic mass is 9.68. The second-order valence-corrected chi connectivity index (χ2v) is 9.46. The van der Waals surface area contributed by atoms with Crippen molar-refractivity contribution in [3.8, 4) is 0 Å². The van der Waals surface area contributed by atoms with Crippen molar-refractivity contribution in [3.05, 3.63) is 78.1 Å². The zero-order valence-corrected chi connectivity index (χ0v) is 19.5. The van der Waals surface area contributed by atoms with E-state index in [-0.39, 0.29) is 23.9 Å². The molecule has 0 spiro atoms. The molecule has 1 aliphatic heterocycles. The van der Waals surface area contributed by atoms with E-state index in [1.165, 1.54) is 18.0 Å². The molecule has 2 aliphatic rings. The standard InChI is InChI=1S/C27H27FN6O/c1-16(33-27-25-26(30-14-29-25)31-15-32-27)24-22(12-19-9-20(28)7-8-23(19)34-24)18-10-21(11-18)35-13-17-5-3-2-4-6-17/h2-9,14-16,18,21-22H,10-13H2,1H3,(H2,29,30,31,32,33)/t16-,18?,21?,22?/m0/s1. The van der Waals surface area contributed by atoms with E-state index in [2.05, 4.69) is 44.3 Å². The summed E-state index contributed by atoms with van der Waals surface area (Å²) < 4.78 is 20.2. The van der Waals surface area contributed by atoms with Gasteiger partial charge in [0.15, 0.2) is 11.5 Å². The average Bonchev–Trinajstić information content (AvgIpc) is 3.33. The van der Waals surface area contributed by atoms with Gasteiger partial charge in [-0.2, -0.15) is 0 Å². The monoisotopic (exact) mass is 470 g/mol. The lowest BCUT2D eigenvalue weighted by Gasteiger charge is -2.43. The third kappa shape index (κ3) is 4.41. The first kappa shape index (κ1) is 21.9. The predicted octanol–water partition coefficient (Wildman–Crippen LogP) is 5.23. The number of imidazole rings is 1. The van der Waals surface area contributed by atoms with Crippen molar-refractivity contribution in [1.29, 1.82) is 0 Å². The number of rotatable bonds is 7. The van der Waals surface area contributed by atoms with E-state index in [4.69, 9.17) is 9.73 Å². The number of aliphatic imine (C=N–C) groups is 1. The summed E-state index contributed by atoms with van der Waals surface area (Å²) in [7, 11) is 0. The van der Waals surface area contributed by atoms with Crippen molar-refractivity contribution >= 4 is 28.4 Å². The number of hydrogen-bond donors (Lipinski definition) is 2. The minimum atomic E-state index is -0.215. The second-order valence-electron chi connectivity index (χ2n) is 9.46. The normalized spacial score (nSPS) is 22.2. The Hall–Kier alpha value is -3.65. The van der Waals surface area contributed by atoms with Gasteiger partial charge < -0.3 is 15.0 Å². The number of halogens is 1. The summed E-state index contributed by atoms with van der Waals surface area (Å²) in [6, 6.07) is 15.1.